The molecule has 0 saturated heterocycles. The van der Waals surface area contributed by atoms with Crippen molar-refractivity contribution < 1.29 is 0 Å². The minimum atomic E-state index is 0.449. The first-order valence-corrected chi connectivity index (χ1v) is 3.80. The molecule has 0 atom stereocenters. The predicted octanol–water partition coefficient (Wildman–Crippen LogP) is 1.44. The molecule has 0 heterocycles. The van der Waals surface area contributed by atoms with E-state index in [4.69, 9.17) is 10.9 Å². The van der Waals surface area contributed by atoms with Gasteiger partial charge in [-0.1, -0.05) is 25.8 Å². The van der Waals surface area contributed by atoms with Crippen LogP contribution in [0, 0.1) is 5.92 Å². The Kier molecular flexibility index (Phi) is 3.73. The zero-order valence-corrected chi connectivity index (χ0v) is 6.96. The smallest absolute Gasteiger partial charge is 0.0211 e. The van der Waals surface area contributed by atoms with Crippen molar-refractivity contribution in [2.75, 3.05) is 0 Å². The molecule has 0 bridgehead atoms. The summed E-state index contributed by atoms with van der Waals surface area (Å²) in [6, 6.07) is 0. The third-order valence-electron chi connectivity index (χ3n) is 1.04. The summed E-state index contributed by atoms with van der Waals surface area (Å²) < 4.78 is 0. The van der Waals surface area contributed by atoms with Crippen LogP contribution >= 0.6 is 11.9 Å². The van der Waals surface area contributed by atoms with Gasteiger partial charge in [0.15, 0.2) is 0 Å². The van der Waals surface area contributed by atoms with Crippen molar-refractivity contribution in [3.05, 3.63) is 10.6 Å². The van der Waals surface area contributed by atoms with Crippen LogP contribution in [-0.2, 0) is 0 Å². The van der Waals surface area contributed by atoms with E-state index in [9.17, 15) is 0 Å². The first kappa shape index (κ1) is 8.85. The van der Waals surface area contributed by atoms with E-state index in [1.165, 1.54) is 11.9 Å². The second-order valence-corrected chi connectivity index (χ2v) is 3.00. The number of rotatable bonds is 2. The molecule has 0 aliphatic carbocycles. The average Bonchev–Trinajstić information content (AvgIpc) is 1.64. The molecular formula is C6H14N2S. The fraction of sp³-hybridized carbons (Fsp3) is 0.667. The van der Waals surface area contributed by atoms with Gasteiger partial charge in [-0.15, -0.1) is 0 Å². The highest BCUT2D eigenvalue weighted by Crippen LogP contribution is 2.20. The summed E-state index contributed by atoms with van der Waals surface area (Å²) in [7, 11) is 0. The van der Waals surface area contributed by atoms with E-state index in [2.05, 4.69) is 13.8 Å². The molecule has 54 valence electrons. The Hall–Kier alpha value is -0.150. The standard InChI is InChI=1S/C6H14N2S/c1-4(2)6(9-8)5(3)7/h4H,7-8H2,1-3H3/b6-5-. The van der Waals surface area contributed by atoms with Crippen LogP contribution in [0.25, 0.3) is 0 Å². The zero-order valence-electron chi connectivity index (χ0n) is 6.14. The molecule has 0 rings (SSSR count). The second-order valence-electron chi connectivity index (χ2n) is 2.32. The first-order chi connectivity index (χ1) is 4.09. The van der Waals surface area contributed by atoms with Gasteiger partial charge in [0.1, 0.15) is 0 Å². The Morgan fingerprint density at radius 3 is 1.89 bits per heavy atom. The minimum Gasteiger partial charge on any atom is -0.402 e. The van der Waals surface area contributed by atoms with Crippen LogP contribution in [-0.4, -0.2) is 0 Å². The van der Waals surface area contributed by atoms with Crippen LogP contribution in [0.4, 0.5) is 0 Å². The van der Waals surface area contributed by atoms with Crippen LogP contribution in [0.1, 0.15) is 20.8 Å². The van der Waals surface area contributed by atoms with Gasteiger partial charge in [-0.05, 0) is 12.8 Å². The van der Waals surface area contributed by atoms with Crippen LogP contribution in [0.2, 0.25) is 0 Å². The monoisotopic (exact) mass is 146 g/mol. The Bertz CT molecular complexity index is 114. The molecule has 0 spiro atoms. The van der Waals surface area contributed by atoms with Crippen LogP contribution < -0.4 is 10.9 Å². The Balaban J connectivity index is 4.16. The molecule has 0 aliphatic rings. The third kappa shape index (κ3) is 2.77. The van der Waals surface area contributed by atoms with Crippen molar-refractivity contribution in [3.8, 4) is 0 Å². The molecule has 0 saturated carbocycles. The van der Waals surface area contributed by atoms with Gasteiger partial charge in [0.25, 0.3) is 0 Å². The lowest BCUT2D eigenvalue weighted by molar-refractivity contribution is 0.803. The minimum absolute atomic E-state index is 0.449. The Labute approximate surface area is 60.8 Å². The first-order valence-electron chi connectivity index (χ1n) is 2.92. The van der Waals surface area contributed by atoms with E-state index in [0.29, 0.717) is 5.92 Å². The van der Waals surface area contributed by atoms with E-state index in [1.54, 1.807) is 0 Å². The van der Waals surface area contributed by atoms with Crippen molar-refractivity contribution in [1.29, 1.82) is 0 Å². The third-order valence-corrected chi connectivity index (χ3v) is 2.09. The molecule has 0 unspecified atom stereocenters. The highest BCUT2D eigenvalue weighted by molar-refractivity contribution is 8.00. The van der Waals surface area contributed by atoms with Gasteiger partial charge in [-0.2, -0.15) is 0 Å². The average molecular weight is 146 g/mol. The quantitative estimate of drug-likeness (QED) is 0.580. The normalized spacial score (nSPS) is 13.9. The predicted molar refractivity (Wildman–Crippen MR) is 43.5 cm³/mol. The maximum Gasteiger partial charge on any atom is 0.0211 e. The van der Waals surface area contributed by atoms with Crippen molar-refractivity contribution in [3.63, 3.8) is 0 Å². The molecule has 0 fully saturated rings. The zero-order chi connectivity index (χ0) is 7.44. The van der Waals surface area contributed by atoms with Gasteiger partial charge >= 0.3 is 0 Å². The fourth-order valence-corrected chi connectivity index (χ4v) is 1.14. The molecule has 3 heteroatoms. The lowest BCUT2D eigenvalue weighted by atomic mass is 10.2. The van der Waals surface area contributed by atoms with Gasteiger partial charge in [-0.25, -0.2) is 0 Å². The van der Waals surface area contributed by atoms with Gasteiger partial charge < -0.3 is 5.73 Å². The Morgan fingerprint density at radius 2 is 1.89 bits per heavy atom. The molecular weight excluding hydrogens is 132 g/mol. The molecule has 0 aromatic heterocycles. The van der Waals surface area contributed by atoms with Crippen LogP contribution in [0.5, 0.6) is 0 Å². The summed E-state index contributed by atoms with van der Waals surface area (Å²) in [6.45, 7) is 6.02. The molecule has 0 amide bonds. The fourth-order valence-electron chi connectivity index (χ4n) is 0.684. The maximum absolute atomic E-state index is 5.53. The number of allylic oxidation sites excluding steroid dienone is 2. The summed E-state index contributed by atoms with van der Waals surface area (Å²) in [5, 5.41) is 5.35. The van der Waals surface area contributed by atoms with Gasteiger partial charge in [-0.3, -0.25) is 5.14 Å². The lowest BCUT2D eigenvalue weighted by Gasteiger charge is -2.08. The molecule has 9 heavy (non-hydrogen) atoms. The molecule has 0 radical (unpaired) electrons. The largest absolute Gasteiger partial charge is 0.402 e. The molecule has 0 aliphatic heterocycles. The topological polar surface area (TPSA) is 52.0 Å². The van der Waals surface area contributed by atoms with E-state index in [-0.39, 0.29) is 0 Å². The second kappa shape index (κ2) is 3.80. The van der Waals surface area contributed by atoms with Crippen LogP contribution in [0.15, 0.2) is 10.6 Å². The van der Waals surface area contributed by atoms with Crippen molar-refractivity contribution in [2.24, 2.45) is 16.8 Å². The Morgan fingerprint density at radius 1 is 1.44 bits per heavy atom. The van der Waals surface area contributed by atoms with E-state index >= 15 is 0 Å². The summed E-state index contributed by atoms with van der Waals surface area (Å²) in [5.74, 6) is 0.449. The summed E-state index contributed by atoms with van der Waals surface area (Å²) >= 11 is 1.24. The molecule has 0 aromatic carbocycles. The van der Waals surface area contributed by atoms with E-state index in [1.807, 2.05) is 6.92 Å². The highest BCUT2D eigenvalue weighted by atomic mass is 32.2. The van der Waals surface area contributed by atoms with Crippen molar-refractivity contribution in [2.45, 2.75) is 20.8 Å². The molecule has 4 N–H and O–H groups in total. The van der Waals surface area contributed by atoms with E-state index < -0.39 is 0 Å². The maximum atomic E-state index is 5.53. The lowest BCUT2D eigenvalue weighted by Crippen LogP contribution is -2.03. The number of hydrogen-bond acceptors (Lipinski definition) is 3. The van der Waals surface area contributed by atoms with Crippen molar-refractivity contribution >= 4 is 11.9 Å². The summed E-state index contributed by atoms with van der Waals surface area (Å²) in [6.07, 6.45) is 0. The number of hydrogen-bond donors (Lipinski definition) is 2. The molecule has 0 aromatic rings. The summed E-state index contributed by atoms with van der Waals surface area (Å²) in [4.78, 5) is 1.08. The summed E-state index contributed by atoms with van der Waals surface area (Å²) in [5.41, 5.74) is 6.36. The van der Waals surface area contributed by atoms with Crippen LogP contribution in [0.3, 0.4) is 0 Å². The van der Waals surface area contributed by atoms with Gasteiger partial charge in [0.2, 0.25) is 0 Å². The van der Waals surface area contributed by atoms with Gasteiger partial charge in [0.05, 0.1) is 0 Å². The highest BCUT2D eigenvalue weighted by Gasteiger charge is 2.02. The van der Waals surface area contributed by atoms with Gasteiger partial charge in [0, 0.05) is 10.6 Å². The SMILES string of the molecule is C/C(N)=C(/SN)C(C)C. The van der Waals surface area contributed by atoms with Crippen molar-refractivity contribution in [1.82, 2.24) is 0 Å². The number of nitrogens with two attached hydrogens (primary N) is 2. The van der Waals surface area contributed by atoms with E-state index in [0.717, 1.165) is 10.6 Å². The molecule has 2 nitrogen and oxygen atoms in total.